The van der Waals surface area contributed by atoms with Gasteiger partial charge in [0.25, 0.3) is 0 Å². The molecule has 0 bridgehead atoms. The lowest BCUT2D eigenvalue weighted by Gasteiger charge is -2.12. The minimum absolute atomic E-state index is 0.190. The van der Waals surface area contributed by atoms with Gasteiger partial charge in [0.05, 0.1) is 0 Å². The molecule has 2 rings (SSSR count). The van der Waals surface area contributed by atoms with Crippen molar-refractivity contribution in [2.75, 3.05) is 0 Å². The van der Waals surface area contributed by atoms with Gasteiger partial charge in [-0.25, -0.2) is 4.98 Å². The Morgan fingerprint density at radius 2 is 2.29 bits per heavy atom. The smallest absolute Gasteiger partial charge is 0.145 e. The SMILES string of the molecule is CCC(Cl)C(C)c1nc(C2CC2)ns1. The van der Waals surface area contributed by atoms with Crippen LogP contribution in [-0.4, -0.2) is 14.7 Å². The van der Waals surface area contributed by atoms with E-state index in [9.17, 15) is 0 Å². The van der Waals surface area contributed by atoms with Crippen LogP contribution in [0.5, 0.6) is 0 Å². The lowest BCUT2D eigenvalue weighted by atomic mass is 10.1. The van der Waals surface area contributed by atoms with Crippen LogP contribution in [0.2, 0.25) is 0 Å². The van der Waals surface area contributed by atoms with Crippen LogP contribution >= 0.6 is 23.1 Å². The first-order valence-corrected chi connectivity index (χ1v) is 6.41. The molecule has 14 heavy (non-hydrogen) atoms. The summed E-state index contributed by atoms with van der Waals surface area (Å²) in [5.41, 5.74) is 0. The van der Waals surface area contributed by atoms with Crippen molar-refractivity contribution in [2.24, 2.45) is 0 Å². The fraction of sp³-hybridized carbons (Fsp3) is 0.800. The highest BCUT2D eigenvalue weighted by Crippen LogP contribution is 2.39. The van der Waals surface area contributed by atoms with E-state index in [-0.39, 0.29) is 5.38 Å². The summed E-state index contributed by atoms with van der Waals surface area (Å²) in [4.78, 5) is 4.56. The Morgan fingerprint density at radius 1 is 1.57 bits per heavy atom. The summed E-state index contributed by atoms with van der Waals surface area (Å²) >= 11 is 7.72. The lowest BCUT2D eigenvalue weighted by molar-refractivity contribution is 0.667. The second-order valence-electron chi connectivity index (χ2n) is 3.98. The van der Waals surface area contributed by atoms with E-state index >= 15 is 0 Å². The topological polar surface area (TPSA) is 25.8 Å². The number of hydrogen-bond donors (Lipinski definition) is 0. The molecular weight excluding hydrogens is 216 g/mol. The fourth-order valence-corrected chi connectivity index (χ4v) is 2.48. The van der Waals surface area contributed by atoms with Gasteiger partial charge in [-0.2, -0.15) is 4.37 Å². The van der Waals surface area contributed by atoms with Crippen LogP contribution in [0.4, 0.5) is 0 Å². The summed E-state index contributed by atoms with van der Waals surface area (Å²) in [5, 5.41) is 1.30. The molecule has 2 atom stereocenters. The normalized spacial score (nSPS) is 20.8. The van der Waals surface area contributed by atoms with E-state index in [0.29, 0.717) is 11.8 Å². The zero-order chi connectivity index (χ0) is 10.1. The Labute approximate surface area is 93.9 Å². The summed E-state index contributed by atoms with van der Waals surface area (Å²) in [6, 6.07) is 0. The Kier molecular flexibility index (Phi) is 3.07. The molecule has 1 aliphatic carbocycles. The molecule has 78 valence electrons. The Bertz CT molecular complexity index is 309. The van der Waals surface area contributed by atoms with Gasteiger partial charge in [-0.1, -0.05) is 13.8 Å². The van der Waals surface area contributed by atoms with E-state index in [1.54, 1.807) is 0 Å². The molecule has 0 spiro atoms. The second-order valence-corrected chi connectivity index (χ2v) is 5.32. The van der Waals surface area contributed by atoms with Gasteiger partial charge >= 0.3 is 0 Å². The van der Waals surface area contributed by atoms with Gasteiger partial charge in [-0.05, 0) is 30.8 Å². The molecule has 4 heteroatoms. The third-order valence-electron chi connectivity index (χ3n) is 2.72. The van der Waals surface area contributed by atoms with E-state index < -0.39 is 0 Å². The van der Waals surface area contributed by atoms with Crippen LogP contribution in [-0.2, 0) is 0 Å². The maximum atomic E-state index is 6.19. The maximum Gasteiger partial charge on any atom is 0.145 e. The zero-order valence-corrected chi connectivity index (χ0v) is 10.1. The average Bonchev–Trinajstić information content (AvgIpc) is 2.94. The first-order chi connectivity index (χ1) is 6.72. The third kappa shape index (κ3) is 2.09. The number of alkyl halides is 1. The molecule has 0 N–H and O–H groups in total. The van der Waals surface area contributed by atoms with Crippen molar-refractivity contribution in [1.82, 2.24) is 9.36 Å². The second kappa shape index (κ2) is 4.15. The number of hydrogen-bond acceptors (Lipinski definition) is 3. The van der Waals surface area contributed by atoms with Crippen LogP contribution in [0.15, 0.2) is 0 Å². The molecule has 0 aromatic carbocycles. The summed E-state index contributed by atoms with van der Waals surface area (Å²) in [5.74, 6) is 2.05. The van der Waals surface area contributed by atoms with Crippen LogP contribution in [0.1, 0.15) is 55.8 Å². The van der Waals surface area contributed by atoms with E-state index in [1.807, 2.05) is 0 Å². The van der Waals surface area contributed by atoms with E-state index in [0.717, 1.165) is 17.3 Å². The molecule has 1 heterocycles. The number of halogens is 1. The molecule has 0 saturated heterocycles. The first-order valence-electron chi connectivity index (χ1n) is 5.20. The molecule has 1 aromatic rings. The molecule has 1 aromatic heterocycles. The van der Waals surface area contributed by atoms with Gasteiger partial charge in [0.1, 0.15) is 10.8 Å². The number of rotatable bonds is 4. The maximum absolute atomic E-state index is 6.19. The predicted octanol–water partition coefficient (Wildman–Crippen LogP) is 3.54. The van der Waals surface area contributed by atoms with Gasteiger partial charge in [0.2, 0.25) is 0 Å². The Balaban J connectivity index is 2.07. The monoisotopic (exact) mass is 230 g/mol. The Morgan fingerprint density at radius 3 is 2.86 bits per heavy atom. The van der Waals surface area contributed by atoms with Crippen molar-refractivity contribution < 1.29 is 0 Å². The molecule has 0 amide bonds. The number of aromatic nitrogens is 2. The summed E-state index contributed by atoms with van der Waals surface area (Å²) in [7, 11) is 0. The molecule has 1 fully saturated rings. The summed E-state index contributed by atoms with van der Waals surface area (Å²) in [6.07, 6.45) is 3.52. The van der Waals surface area contributed by atoms with Gasteiger partial charge in [-0.15, -0.1) is 11.6 Å². The highest BCUT2D eigenvalue weighted by atomic mass is 35.5. The van der Waals surface area contributed by atoms with Gasteiger partial charge in [-0.3, -0.25) is 0 Å². The van der Waals surface area contributed by atoms with Crippen molar-refractivity contribution in [3.8, 4) is 0 Å². The standard InChI is InChI=1S/C10H15ClN2S/c1-3-8(11)6(2)10-12-9(13-14-10)7-4-5-7/h6-8H,3-5H2,1-2H3. The van der Waals surface area contributed by atoms with Crippen molar-refractivity contribution in [2.45, 2.75) is 50.3 Å². The van der Waals surface area contributed by atoms with Crippen LogP contribution < -0.4 is 0 Å². The lowest BCUT2D eigenvalue weighted by Crippen LogP contribution is -2.07. The first kappa shape index (κ1) is 10.4. The molecular formula is C10H15ClN2S. The molecule has 0 aliphatic heterocycles. The van der Waals surface area contributed by atoms with Crippen molar-refractivity contribution in [1.29, 1.82) is 0 Å². The van der Waals surface area contributed by atoms with Crippen LogP contribution in [0, 0.1) is 0 Å². The Hall–Kier alpha value is -0.150. The molecule has 0 radical (unpaired) electrons. The molecule has 2 nitrogen and oxygen atoms in total. The summed E-state index contributed by atoms with van der Waals surface area (Å²) < 4.78 is 4.39. The minimum Gasteiger partial charge on any atom is -0.224 e. The van der Waals surface area contributed by atoms with Gasteiger partial charge in [0.15, 0.2) is 0 Å². The minimum atomic E-state index is 0.190. The quantitative estimate of drug-likeness (QED) is 0.740. The van der Waals surface area contributed by atoms with Crippen molar-refractivity contribution >= 4 is 23.1 Å². The van der Waals surface area contributed by atoms with Crippen LogP contribution in [0.25, 0.3) is 0 Å². The van der Waals surface area contributed by atoms with E-state index in [2.05, 4.69) is 23.2 Å². The summed E-state index contributed by atoms with van der Waals surface area (Å²) in [6.45, 7) is 4.25. The highest BCUT2D eigenvalue weighted by molar-refractivity contribution is 7.05. The highest BCUT2D eigenvalue weighted by Gasteiger charge is 2.29. The largest absolute Gasteiger partial charge is 0.224 e. The number of nitrogens with zero attached hydrogens (tertiary/aromatic N) is 2. The predicted molar refractivity (Wildman–Crippen MR) is 60.2 cm³/mol. The molecule has 2 unspecified atom stereocenters. The van der Waals surface area contributed by atoms with E-state index in [1.165, 1.54) is 24.4 Å². The average molecular weight is 231 g/mol. The van der Waals surface area contributed by atoms with Gasteiger partial charge in [0, 0.05) is 17.2 Å². The third-order valence-corrected chi connectivity index (χ3v) is 4.34. The fourth-order valence-electron chi connectivity index (χ4n) is 1.45. The van der Waals surface area contributed by atoms with Gasteiger partial charge < -0.3 is 0 Å². The van der Waals surface area contributed by atoms with E-state index in [4.69, 9.17) is 11.6 Å². The molecule has 1 aliphatic rings. The zero-order valence-electron chi connectivity index (χ0n) is 8.53. The molecule has 1 saturated carbocycles. The van der Waals surface area contributed by atoms with Crippen LogP contribution in [0.3, 0.4) is 0 Å². The van der Waals surface area contributed by atoms with Crippen molar-refractivity contribution in [3.05, 3.63) is 10.8 Å². The van der Waals surface area contributed by atoms with Crippen molar-refractivity contribution in [3.63, 3.8) is 0 Å².